The molecule has 162 valence electrons. The Morgan fingerprint density at radius 2 is 1.94 bits per heavy atom. The summed E-state index contributed by atoms with van der Waals surface area (Å²) in [5.74, 6) is 0.332. The number of fused-ring (bicyclic) bond motifs is 1. The minimum Gasteiger partial charge on any atom is -0.436 e. The van der Waals surface area contributed by atoms with Crippen LogP contribution in [0.5, 0.6) is 0 Å². The van der Waals surface area contributed by atoms with Gasteiger partial charge in [-0.25, -0.2) is 9.78 Å². The summed E-state index contributed by atoms with van der Waals surface area (Å²) in [6.45, 7) is 0. The molecule has 0 radical (unpaired) electrons. The number of benzene rings is 2. The van der Waals surface area contributed by atoms with Crippen molar-refractivity contribution in [3.05, 3.63) is 52.0 Å². The molecule has 31 heavy (non-hydrogen) atoms. The van der Waals surface area contributed by atoms with Gasteiger partial charge in [0.15, 0.2) is 5.58 Å². The first-order valence-electron chi connectivity index (χ1n) is 9.88. The molecule has 3 aromatic rings. The van der Waals surface area contributed by atoms with E-state index in [-0.39, 0.29) is 12.0 Å². The number of esters is 2. The first kappa shape index (κ1) is 22.5. The number of hydrogen-bond acceptors (Lipinski definition) is 7. The van der Waals surface area contributed by atoms with Crippen LogP contribution in [-0.4, -0.2) is 27.9 Å². The summed E-state index contributed by atoms with van der Waals surface area (Å²) in [6.07, 6.45) is 4.25. The van der Waals surface area contributed by atoms with E-state index >= 15 is 0 Å². The number of carbonyl (C=O) groups is 2. The minimum absolute atomic E-state index is 0.229. The van der Waals surface area contributed by atoms with Crippen LogP contribution in [0.15, 0.2) is 40.8 Å². The Morgan fingerprint density at radius 1 is 1.13 bits per heavy atom. The lowest BCUT2D eigenvalue weighted by Crippen LogP contribution is -2.12. The summed E-state index contributed by atoms with van der Waals surface area (Å²) in [5, 5.41) is 1.62. The maximum atomic E-state index is 12.4. The zero-order chi connectivity index (χ0) is 21.8. The van der Waals surface area contributed by atoms with Crippen molar-refractivity contribution in [3.63, 3.8) is 0 Å². The van der Waals surface area contributed by atoms with Crippen LogP contribution in [0.2, 0.25) is 10.0 Å². The van der Waals surface area contributed by atoms with Crippen LogP contribution in [0.25, 0.3) is 22.6 Å². The number of carbonyl (C=O) groups excluding carboxylic acids is 2. The lowest BCUT2D eigenvalue weighted by atomic mass is 10.1. The van der Waals surface area contributed by atoms with Crippen molar-refractivity contribution < 1.29 is 18.7 Å². The molecule has 5 nitrogen and oxygen atoms in total. The Kier molecular flexibility index (Phi) is 7.48. The SMILES string of the molecule is O=C(CCCC[C@@H]1CCSS1)OC(=O)c1ccc2nc(-c3cc(Cl)cc(Cl)c3)oc2c1. The highest BCUT2D eigenvalue weighted by atomic mass is 35.5. The molecule has 0 N–H and O–H groups in total. The number of unbranched alkanes of at least 4 members (excludes halogenated alkanes) is 1. The van der Waals surface area contributed by atoms with Gasteiger partial charge >= 0.3 is 11.9 Å². The van der Waals surface area contributed by atoms with Crippen LogP contribution in [0.1, 0.15) is 42.5 Å². The van der Waals surface area contributed by atoms with E-state index in [1.165, 1.54) is 18.2 Å². The molecule has 4 rings (SSSR count). The molecular formula is C22H19Cl2NO4S2. The number of rotatable bonds is 7. The highest BCUT2D eigenvalue weighted by Gasteiger charge is 2.18. The van der Waals surface area contributed by atoms with Gasteiger partial charge in [-0.05, 0) is 55.7 Å². The number of ether oxygens (including phenoxy) is 1. The molecule has 1 atom stereocenters. The molecule has 0 aliphatic carbocycles. The largest absolute Gasteiger partial charge is 0.436 e. The molecule has 0 spiro atoms. The van der Waals surface area contributed by atoms with E-state index < -0.39 is 11.9 Å². The van der Waals surface area contributed by atoms with Crippen molar-refractivity contribution in [1.29, 1.82) is 0 Å². The van der Waals surface area contributed by atoms with Gasteiger partial charge in [-0.15, -0.1) is 0 Å². The third-order valence-electron chi connectivity index (χ3n) is 4.82. The molecule has 0 unspecified atom stereocenters. The number of hydrogen-bond donors (Lipinski definition) is 0. The van der Waals surface area contributed by atoms with Crippen molar-refractivity contribution in [3.8, 4) is 11.5 Å². The molecular weight excluding hydrogens is 477 g/mol. The van der Waals surface area contributed by atoms with Gasteiger partial charge in [-0.2, -0.15) is 0 Å². The Morgan fingerprint density at radius 3 is 2.68 bits per heavy atom. The second-order valence-electron chi connectivity index (χ2n) is 7.20. The Labute approximate surface area is 197 Å². The van der Waals surface area contributed by atoms with Crippen molar-refractivity contribution >= 4 is 67.8 Å². The van der Waals surface area contributed by atoms with Crippen LogP contribution < -0.4 is 0 Å². The van der Waals surface area contributed by atoms with E-state index in [1.807, 2.05) is 21.6 Å². The smallest absolute Gasteiger partial charge is 0.345 e. The molecule has 1 aliphatic heterocycles. The molecule has 9 heteroatoms. The van der Waals surface area contributed by atoms with Gasteiger partial charge in [-0.1, -0.05) is 51.2 Å². The number of nitrogens with zero attached hydrogens (tertiary/aromatic N) is 1. The topological polar surface area (TPSA) is 69.4 Å². The first-order chi connectivity index (χ1) is 15.0. The predicted molar refractivity (Wildman–Crippen MR) is 127 cm³/mol. The van der Waals surface area contributed by atoms with E-state index in [4.69, 9.17) is 32.4 Å². The number of oxazole rings is 1. The van der Waals surface area contributed by atoms with Gasteiger partial charge in [0, 0.05) is 33.0 Å². The molecule has 1 aliphatic rings. The molecule has 1 fully saturated rings. The van der Waals surface area contributed by atoms with Crippen molar-refractivity contribution in [2.45, 2.75) is 37.4 Å². The fourth-order valence-corrected chi connectivity index (χ4v) is 6.83. The van der Waals surface area contributed by atoms with Gasteiger partial charge in [0.05, 0.1) is 5.56 Å². The normalized spacial score (nSPS) is 16.0. The summed E-state index contributed by atoms with van der Waals surface area (Å²) < 4.78 is 10.8. The minimum atomic E-state index is -0.696. The Bertz CT molecular complexity index is 1090. The zero-order valence-electron chi connectivity index (χ0n) is 16.4. The van der Waals surface area contributed by atoms with Gasteiger partial charge < -0.3 is 9.15 Å². The number of halogens is 2. The lowest BCUT2D eigenvalue weighted by Gasteiger charge is -2.06. The summed E-state index contributed by atoms with van der Waals surface area (Å²) in [4.78, 5) is 28.8. The molecule has 2 heterocycles. The highest BCUT2D eigenvalue weighted by molar-refractivity contribution is 8.77. The average Bonchev–Trinajstić information content (AvgIpc) is 3.39. The summed E-state index contributed by atoms with van der Waals surface area (Å²) in [6, 6.07) is 9.72. The summed E-state index contributed by atoms with van der Waals surface area (Å²) in [7, 11) is 3.84. The highest BCUT2D eigenvalue weighted by Crippen LogP contribution is 2.40. The fraction of sp³-hybridized carbons (Fsp3) is 0.318. The lowest BCUT2D eigenvalue weighted by molar-refractivity contribution is -0.138. The average molecular weight is 496 g/mol. The first-order valence-corrected chi connectivity index (χ1v) is 13.0. The maximum Gasteiger partial charge on any atom is 0.345 e. The van der Waals surface area contributed by atoms with Crippen molar-refractivity contribution in [1.82, 2.24) is 4.98 Å². The Hall–Kier alpha value is -1.67. The molecule has 1 saturated heterocycles. The van der Waals surface area contributed by atoms with Gasteiger partial charge in [0.25, 0.3) is 0 Å². The van der Waals surface area contributed by atoms with Crippen LogP contribution in [0.3, 0.4) is 0 Å². The van der Waals surface area contributed by atoms with Crippen LogP contribution in [0.4, 0.5) is 0 Å². The molecule has 0 bridgehead atoms. The quantitative estimate of drug-likeness (QED) is 0.148. The Balaban J connectivity index is 1.36. The number of aromatic nitrogens is 1. The summed E-state index contributed by atoms with van der Waals surface area (Å²) in [5.41, 5.74) is 1.83. The van der Waals surface area contributed by atoms with Gasteiger partial charge in [0.2, 0.25) is 5.89 Å². The predicted octanol–water partition coefficient (Wildman–Crippen LogP) is 7.20. The van der Waals surface area contributed by atoms with E-state index in [9.17, 15) is 9.59 Å². The second kappa shape index (κ2) is 10.3. The van der Waals surface area contributed by atoms with E-state index in [1.54, 1.807) is 30.3 Å². The second-order valence-corrected chi connectivity index (χ2v) is 10.9. The third kappa shape index (κ3) is 5.98. The van der Waals surface area contributed by atoms with E-state index in [2.05, 4.69) is 4.98 Å². The molecule has 0 saturated carbocycles. The van der Waals surface area contributed by atoms with E-state index in [0.717, 1.165) is 19.3 Å². The molecule has 0 amide bonds. The van der Waals surface area contributed by atoms with Crippen molar-refractivity contribution in [2.75, 3.05) is 5.75 Å². The zero-order valence-corrected chi connectivity index (χ0v) is 19.6. The van der Waals surface area contributed by atoms with E-state index in [0.29, 0.717) is 37.8 Å². The maximum absolute atomic E-state index is 12.4. The van der Waals surface area contributed by atoms with Crippen LogP contribution in [0, 0.1) is 0 Å². The third-order valence-corrected chi connectivity index (χ3v) is 8.27. The van der Waals surface area contributed by atoms with Gasteiger partial charge in [-0.3, -0.25) is 4.79 Å². The van der Waals surface area contributed by atoms with Crippen molar-refractivity contribution in [2.24, 2.45) is 0 Å². The standard InChI is InChI=1S/C22H19Cl2NO4S2/c23-15-9-14(10-16(24)12-15)21-25-18-6-5-13(11-19(18)28-21)22(27)29-20(26)4-2-1-3-17-7-8-30-31-17/h5-6,9-12,17H,1-4,7-8H2/t17-/m1/s1. The summed E-state index contributed by atoms with van der Waals surface area (Å²) >= 11 is 12.1. The monoisotopic (exact) mass is 495 g/mol. The fourth-order valence-electron chi connectivity index (χ4n) is 3.27. The molecule has 2 aromatic carbocycles. The van der Waals surface area contributed by atoms with Crippen LogP contribution >= 0.6 is 44.8 Å². The van der Waals surface area contributed by atoms with Crippen LogP contribution in [-0.2, 0) is 9.53 Å². The van der Waals surface area contributed by atoms with Gasteiger partial charge in [0.1, 0.15) is 5.52 Å². The molecule has 1 aromatic heterocycles.